The first-order valence-electron chi connectivity index (χ1n) is 8.45. The van der Waals surface area contributed by atoms with Gasteiger partial charge in [-0.2, -0.15) is 0 Å². The summed E-state index contributed by atoms with van der Waals surface area (Å²) in [6.45, 7) is 3.98. The zero-order chi connectivity index (χ0) is 17.1. The Morgan fingerprint density at radius 3 is 2.58 bits per heavy atom. The van der Waals surface area contributed by atoms with E-state index in [1.54, 1.807) is 0 Å². The molecule has 1 aliphatic heterocycles. The third-order valence-electron chi connectivity index (χ3n) is 4.60. The lowest BCUT2D eigenvalue weighted by atomic mass is 9.99. The van der Waals surface area contributed by atoms with Crippen LogP contribution in [0.2, 0.25) is 0 Å². The van der Waals surface area contributed by atoms with E-state index in [1.807, 2.05) is 25.1 Å². The largest absolute Gasteiger partial charge is 0.477 e. The second-order valence-corrected chi connectivity index (χ2v) is 6.14. The summed E-state index contributed by atoms with van der Waals surface area (Å²) in [5, 5.41) is 9.18. The van der Waals surface area contributed by atoms with Crippen LogP contribution in [0.1, 0.15) is 42.1 Å². The van der Waals surface area contributed by atoms with Crippen molar-refractivity contribution < 1.29 is 9.90 Å². The average Bonchev–Trinajstić information content (AvgIpc) is 2.62. The normalized spacial score (nSPS) is 14.6. The summed E-state index contributed by atoms with van der Waals surface area (Å²) in [6.07, 6.45) is 4.25. The molecule has 0 aliphatic carbocycles. The van der Waals surface area contributed by atoms with Gasteiger partial charge >= 0.3 is 5.97 Å². The Morgan fingerprint density at radius 1 is 1.21 bits per heavy atom. The summed E-state index contributed by atoms with van der Waals surface area (Å²) in [4.78, 5) is 28.5. The number of benzene rings is 1. The van der Waals surface area contributed by atoms with Crippen molar-refractivity contribution in [2.24, 2.45) is 0 Å². The van der Waals surface area contributed by atoms with Gasteiger partial charge in [0.25, 0.3) is 5.56 Å². The molecule has 0 amide bonds. The molecular formula is C19H22N2O3. The molecule has 2 N–H and O–H groups in total. The van der Waals surface area contributed by atoms with Crippen molar-refractivity contribution >= 4 is 11.7 Å². The maximum absolute atomic E-state index is 12.2. The number of aromatic carboxylic acids is 1. The van der Waals surface area contributed by atoms with Crippen molar-refractivity contribution in [3.63, 3.8) is 0 Å². The van der Waals surface area contributed by atoms with E-state index >= 15 is 0 Å². The van der Waals surface area contributed by atoms with Crippen LogP contribution in [0, 0.1) is 0 Å². The van der Waals surface area contributed by atoms with Gasteiger partial charge in [-0.3, -0.25) is 4.79 Å². The number of carboxylic acid groups (broad SMARTS) is 1. The number of H-pyrrole nitrogens is 1. The summed E-state index contributed by atoms with van der Waals surface area (Å²) >= 11 is 0. The first kappa shape index (κ1) is 16.3. The van der Waals surface area contributed by atoms with Gasteiger partial charge in [0, 0.05) is 24.3 Å². The van der Waals surface area contributed by atoms with Crippen LogP contribution in [0.5, 0.6) is 0 Å². The monoisotopic (exact) mass is 326 g/mol. The smallest absolute Gasteiger partial charge is 0.341 e. The molecule has 0 unspecified atom stereocenters. The van der Waals surface area contributed by atoms with Crippen molar-refractivity contribution in [3.05, 3.63) is 51.8 Å². The van der Waals surface area contributed by atoms with Gasteiger partial charge < -0.3 is 15.0 Å². The van der Waals surface area contributed by atoms with E-state index in [2.05, 4.69) is 16.0 Å². The molecule has 1 aromatic heterocycles. The van der Waals surface area contributed by atoms with Crippen LogP contribution in [-0.4, -0.2) is 29.1 Å². The highest BCUT2D eigenvalue weighted by molar-refractivity contribution is 5.88. The molecule has 1 aliphatic rings. The van der Waals surface area contributed by atoms with Gasteiger partial charge in [0.2, 0.25) is 0 Å². The predicted molar refractivity (Wildman–Crippen MR) is 94.9 cm³/mol. The predicted octanol–water partition coefficient (Wildman–Crippen LogP) is 3.29. The van der Waals surface area contributed by atoms with Gasteiger partial charge in [-0.25, -0.2) is 4.79 Å². The van der Waals surface area contributed by atoms with Crippen LogP contribution in [0.3, 0.4) is 0 Å². The highest BCUT2D eigenvalue weighted by Crippen LogP contribution is 2.33. The Kier molecular flexibility index (Phi) is 4.69. The third-order valence-corrected chi connectivity index (χ3v) is 4.60. The number of rotatable bonds is 4. The number of piperidine rings is 1. The number of carbonyl (C=O) groups is 1. The fraction of sp³-hybridized carbons (Fsp3) is 0.368. The maximum atomic E-state index is 12.2. The third kappa shape index (κ3) is 3.07. The number of nitrogens with one attached hydrogen (secondary N) is 1. The molecule has 24 heavy (non-hydrogen) atoms. The van der Waals surface area contributed by atoms with E-state index < -0.39 is 11.5 Å². The van der Waals surface area contributed by atoms with Crippen molar-refractivity contribution in [2.75, 3.05) is 18.0 Å². The number of aryl methyl sites for hydroxylation is 1. The van der Waals surface area contributed by atoms with Crippen LogP contribution < -0.4 is 10.5 Å². The second-order valence-electron chi connectivity index (χ2n) is 6.14. The molecule has 2 aromatic rings. The Balaban J connectivity index is 2.14. The molecule has 0 saturated carbocycles. The molecular weight excluding hydrogens is 304 g/mol. The topological polar surface area (TPSA) is 73.4 Å². The molecule has 126 valence electrons. The summed E-state index contributed by atoms with van der Waals surface area (Å²) < 4.78 is 0. The minimum atomic E-state index is -1.19. The second kappa shape index (κ2) is 6.91. The van der Waals surface area contributed by atoms with Crippen LogP contribution in [-0.2, 0) is 6.42 Å². The van der Waals surface area contributed by atoms with E-state index in [4.69, 9.17) is 0 Å². The van der Waals surface area contributed by atoms with E-state index in [-0.39, 0.29) is 5.56 Å². The van der Waals surface area contributed by atoms with Crippen LogP contribution in [0.25, 0.3) is 11.3 Å². The number of pyridine rings is 1. The van der Waals surface area contributed by atoms with Crippen molar-refractivity contribution in [1.82, 2.24) is 4.98 Å². The lowest BCUT2D eigenvalue weighted by Gasteiger charge is -2.31. The molecule has 0 radical (unpaired) electrons. The molecule has 5 heteroatoms. The molecule has 0 atom stereocenters. The van der Waals surface area contributed by atoms with Crippen LogP contribution in [0.4, 0.5) is 5.69 Å². The Morgan fingerprint density at radius 2 is 1.92 bits per heavy atom. The number of nitrogens with zero attached hydrogens (tertiary/aromatic N) is 1. The number of para-hydroxylation sites is 1. The van der Waals surface area contributed by atoms with Gasteiger partial charge in [0.1, 0.15) is 5.56 Å². The lowest BCUT2D eigenvalue weighted by Crippen LogP contribution is -2.30. The van der Waals surface area contributed by atoms with Gasteiger partial charge in [0.15, 0.2) is 0 Å². The first-order chi connectivity index (χ1) is 11.6. The van der Waals surface area contributed by atoms with Gasteiger partial charge in [-0.1, -0.05) is 25.1 Å². The summed E-state index contributed by atoms with van der Waals surface area (Å²) in [6, 6.07) is 9.52. The fourth-order valence-corrected chi connectivity index (χ4v) is 3.35. The lowest BCUT2D eigenvalue weighted by molar-refractivity contribution is 0.0695. The zero-order valence-electron chi connectivity index (χ0n) is 13.8. The summed E-state index contributed by atoms with van der Waals surface area (Å²) in [5.74, 6) is -1.19. The van der Waals surface area contributed by atoms with E-state index in [0.717, 1.165) is 35.6 Å². The Labute approximate surface area is 140 Å². The average molecular weight is 326 g/mol. The quantitative estimate of drug-likeness (QED) is 0.904. The van der Waals surface area contributed by atoms with Gasteiger partial charge in [-0.05, 0) is 43.4 Å². The highest BCUT2D eigenvalue weighted by atomic mass is 16.4. The highest BCUT2D eigenvalue weighted by Gasteiger charge is 2.19. The molecule has 0 bridgehead atoms. The number of hydrogen-bond acceptors (Lipinski definition) is 3. The van der Waals surface area contributed by atoms with Crippen molar-refractivity contribution in [3.8, 4) is 11.3 Å². The molecule has 1 fully saturated rings. The SMILES string of the molecule is CCc1cc(C(=O)O)c(=O)[nH]c1-c1ccccc1N1CCCCC1. The molecule has 0 spiro atoms. The van der Waals surface area contributed by atoms with Crippen molar-refractivity contribution in [1.29, 1.82) is 0 Å². The Hall–Kier alpha value is -2.56. The van der Waals surface area contributed by atoms with E-state index in [1.165, 1.54) is 25.3 Å². The van der Waals surface area contributed by atoms with Gasteiger partial charge in [-0.15, -0.1) is 0 Å². The van der Waals surface area contributed by atoms with Crippen LogP contribution >= 0.6 is 0 Å². The fourth-order valence-electron chi connectivity index (χ4n) is 3.35. The minimum Gasteiger partial charge on any atom is -0.477 e. The number of aromatic amines is 1. The number of carboxylic acids is 1. The molecule has 2 heterocycles. The van der Waals surface area contributed by atoms with Crippen LogP contribution in [0.15, 0.2) is 35.1 Å². The number of hydrogen-bond donors (Lipinski definition) is 2. The molecule has 3 rings (SSSR count). The Bertz CT molecular complexity index is 804. The van der Waals surface area contributed by atoms with E-state index in [9.17, 15) is 14.7 Å². The molecule has 1 aromatic carbocycles. The molecule has 1 saturated heterocycles. The standard InChI is InChI=1S/C19H22N2O3/c1-2-13-12-15(19(23)24)18(22)20-17(13)14-8-4-5-9-16(14)21-10-6-3-7-11-21/h4-5,8-9,12H,2-3,6-7,10-11H2,1H3,(H,20,22)(H,23,24). The van der Waals surface area contributed by atoms with Gasteiger partial charge in [0.05, 0.1) is 5.69 Å². The number of anilines is 1. The number of aromatic nitrogens is 1. The first-order valence-corrected chi connectivity index (χ1v) is 8.45. The summed E-state index contributed by atoms with van der Waals surface area (Å²) in [5.41, 5.74) is 2.88. The maximum Gasteiger partial charge on any atom is 0.341 e. The van der Waals surface area contributed by atoms with Crippen molar-refractivity contribution in [2.45, 2.75) is 32.6 Å². The molecule has 5 nitrogen and oxygen atoms in total. The zero-order valence-corrected chi connectivity index (χ0v) is 13.8. The summed E-state index contributed by atoms with van der Waals surface area (Å²) in [7, 11) is 0. The minimum absolute atomic E-state index is 0.203. The van der Waals surface area contributed by atoms with E-state index in [0.29, 0.717) is 6.42 Å².